The number of amides is 1. The summed E-state index contributed by atoms with van der Waals surface area (Å²) in [4.78, 5) is 11.7. The molecule has 0 saturated heterocycles. The number of carbonyl (C=O) groups is 1. The van der Waals surface area contributed by atoms with Crippen molar-refractivity contribution in [2.75, 3.05) is 0 Å². The van der Waals surface area contributed by atoms with Crippen molar-refractivity contribution in [2.24, 2.45) is 5.92 Å². The topological polar surface area (TPSA) is 29.1 Å². The first kappa shape index (κ1) is 12.8. The van der Waals surface area contributed by atoms with Gasteiger partial charge in [-0.25, -0.2) is 0 Å². The van der Waals surface area contributed by atoms with E-state index in [0.29, 0.717) is 5.92 Å². The van der Waals surface area contributed by atoms with E-state index in [2.05, 4.69) is 19.2 Å². The number of fused-ring (bicyclic) bond motifs is 1. The van der Waals surface area contributed by atoms with Crippen LogP contribution in [0.2, 0.25) is 0 Å². The van der Waals surface area contributed by atoms with Gasteiger partial charge in [-0.3, -0.25) is 4.79 Å². The van der Waals surface area contributed by atoms with Crippen molar-refractivity contribution in [1.29, 1.82) is 0 Å². The Morgan fingerprint density at radius 3 is 2.56 bits per heavy atom. The van der Waals surface area contributed by atoms with E-state index >= 15 is 0 Å². The number of rotatable bonds is 1. The molecular formula is C14H23NO. The molecule has 2 rings (SSSR count). The molecule has 1 heterocycles. The molecule has 1 aliphatic heterocycles. The predicted octanol–water partition coefficient (Wildman–Crippen LogP) is 3.27. The highest BCUT2D eigenvalue weighted by Gasteiger charge is 2.25. The lowest BCUT2D eigenvalue weighted by molar-refractivity contribution is 0.0912. The molecule has 16 heavy (non-hydrogen) atoms. The van der Waals surface area contributed by atoms with Crippen LogP contribution in [0, 0.1) is 5.92 Å². The molecule has 90 valence electrons. The summed E-state index contributed by atoms with van der Waals surface area (Å²) in [5.74, 6) is 0.567. The summed E-state index contributed by atoms with van der Waals surface area (Å²) in [5.41, 5.74) is 2.01. The molecule has 0 radical (unpaired) electrons. The Bertz CT molecular complexity index is 363. The number of hydrogen-bond donors (Lipinski definition) is 1. The van der Waals surface area contributed by atoms with E-state index in [1.165, 1.54) is 5.56 Å². The highest BCUT2D eigenvalue weighted by atomic mass is 16.1. The quantitative estimate of drug-likeness (QED) is 0.774. The fraction of sp³-hybridized carbons (Fsp3) is 0.500. The summed E-state index contributed by atoms with van der Waals surface area (Å²) < 4.78 is 0. The number of nitrogens with one attached hydrogen (secondary N) is 1. The minimum Gasteiger partial charge on any atom is -0.349 e. The molecule has 0 aromatic heterocycles. The van der Waals surface area contributed by atoms with Crippen LogP contribution in [-0.2, 0) is 6.42 Å². The van der Waals surface area contributed by atoms with Gasteiger partial charge < -0.3 is 5.32 Å². The normalized spacial score (nSPS) is 18.3. The highest BCUT2D eigenvalue weighted by Crippen LogP contribution is 2.19. The Balaban J connectivity index is 0.000000811. The van der Waals surface area contributed by atoms with Gasteiger partial charge in [0.15, 0.2) is 0 Å². The molecule has 1 aromatic rings. The maximum Gasteiger partial charge on any atom is 0.251 e. The Labute approximate surface area is 99.5 Å². The van der Waals surface area contributed by atoms with Gasteiger partial charge in [0.2, 0.25) is 0 Å². The summed E-state index contributed by atoms with van der Waals surface area (Å²) in [6, 6.07) is 8.13. The number of benzene rings is 1. The van der Waals surface area contributed by atoms with E-state index in [4.69, 9.17) is 0 Å². The lowest BCUT2D eigenvalue weighted by atomic mass is 9.89. The maximum absolute atomic E-state index is 11.7. The van der Waals surface area contributed by atoms with Crippen LogP contribution in [0.5, 0.6) is 0 Å². The smallest absolute Gasteiger partial charge is 0.251 e. The van der Waals surface area contributed by atoms with Gasteiger partial charge in [-0.15, -0.1) is 0 Å². The van der Waals surface area contributed by atoms with Gasteiger partial charge in [0, 0.05) is 13.0 Å². The molecule has 0 aliphatic carbocycles. The first-order valence-electron chi connectivity index (χ1n) is 6.07. The zero-order valence-electron chi connectivity index (χ0n) is 10.6. The van der Waals surface area contributed by atoms with Crippen molar-refractivity contribution < 1.29 is 6.22 Å². The molecule has 1 aliphatic rings. The molecule has 2 nitrogen and oxygen atoms in total. The average molecular weight is 221 g/mol. The van der Waals surface area contributed by atoms with Crippen molar-refractivity contribution in [3.8, 4) is 0 Å². The van der Waals surface area contributed by atoms with Gasteiger partial charge in [0.1, 0.15) is 0 Å². The summed E-state index contributed by atoms with van der Waals surface area (Å²) in [6.07, 6.45) is 0.958. The largest absolute Gasteiger partial charge is 0.349 e. The molecule has 1 atom stereocenters. The van der Waals surface area contributed by atoms with Crippen LogP contribution < -0.4 is 5.32 Å². The van der Waals surface area contributed by atoms with E-state index in [1.807, 2.05) is 38.1 Å². The lowest BCUT2D eigenvalue weighted by Gasteiger charge is -2.28. The van der Waals surface area contributed by atoms with Crippen LogP contribution in [-0.4, -0.2) is 11.9 Å². The second-order valence-electron chi connectivity index (χ2n) is 4.19. The van der Waals surface area contributed by atoms with Crippen molar-refractivity contribution in [3.63, 3.8) is 0 Å². The monoisotopic (exact) mass is 221 g/mol. The molecule has 1 unspecified atom stereocenters. The van der Waals surface area contributed by atoms with Gasteiger partial charge in [0.25, 0.3) is 5.91 Å². The van der Waals surface area contributed by atoms with Crippen LogP contribution in [0.15, 0.2) is 24.3 Å². The third kappa shape index (κ3) is 2.63. The van der Waals surface area contributed by atoms with Crippen LogP contribution in [0.3, 0.4) is 0 Å². The van der Waals surface area contributed by atoms with E-state index in [-0.39, 0.29) is 13.4 Å². The van der Waals surface area contributed by atoms with Crippen LogP contribution in [0.4, 0.5) is 0 Å². The molecule has 0 spiro atoms. The van der Waals surface area contributed by atoms with Crippen LogP contribution in [0.1, 0.15) is 45.0 Å². The first-order chi connectivity index (χ1) is 7.68. The van der Waals surface area contributed by atoms with E-state index in [9.17, 15) is 4.79 Å². The van der Waals surface area contributed by atoms with Crippen molar-refractivity contribution >= 4 is 5.91 Å². The molecule has 1 aromatic carbocycles. The summed E-state index contributed by atoms with van der Waals surface area (Å²) in [6.45, 7) is 8.28. The van der Waals surface area contributed by atoms with Gasteiger partial charge in [-0.1, -0.05) is 45.9 Å². The Hall–Kier alpha value is -1.31. The Kier molecular flexibility index (Phi) is 4.53. The second-order valence-corrected chi connectivity index (χ2v) is 4.19. The Morgan fingerprint density at radius 1 is 1.31 bits per heavy atom. The van der Waals surface area contributed by atoms with Gasteiger partial charge >= 0.3 is 0 Å². The molecule has 1 N–H and O–H groups in total. The summed E-state index contributed by atoms with van der Waals surface area (Å²) in [7, 11) is 0. The lowest BCUT2D eigenvalue weighted by Crippen LogP contribution is -2.44. The van der Waals surface area contributed by atoms with Crippen molar-refractivity contribution in [1.82, 2.24) is 5.32 Å². The third-order valence-electron chi connectivity index (χ3n) is 2.82. The predicted molar refractivity (Wildman–Crippen MR) is 69.7 cm³/mol. The minimum atomic E-state index is 0. The average Bonchev–Trinajstić information content (AvgIpc) is 2.31. The van der Waals surface area contributed by atoms with Gasteiger partial charge in [-0.2, -0.15) is 0 Å². The maximum atomic E-state index is 11.7. The molecule has 2 heteroatoms. The molecule has 0 bridgehead atoms. The highest BCUT2D eigenvalue weighted by molar-refractivity contribution is 5.96. The third-order valence-corrected chi connectivity index (χ3v) is 2.82. The molecule has 1 amide bonds. The van der Waals surface area contributed by atoms with Gasteiger partial charge in [0.05, 0.1) is 0 Å². The van der Waals surface area contributed by atoms with E-state index in [1.54, 1.807) is 0 Å². The zero-order chi connectivity index (χ0) is 12.1. The Morgan fingerprint density at radius 2 is 1.94 bits per heavy atom. The first-order valence-corrected chi connectivity index (χ1v) is 6.07. The summed E-state index contributed by atoms with van der Waals surface area (Å²) >= 11 is 0. The fourth-order valence-electron chi connectivity index (χ4n) is 1.86. The SMILES string of the molecule is CC.CC(C)C1Cc2ccccc2C(=O)N1.[HH]. The van der Waals surface area contributed by atoms with Crippen molar-refractivity contribution in [2.45, 2.75) is 40.2 Å². The number of hydrogen-bond acceptors (Lipinski definition) is 1. The van der Waals surface area contributed by atoms with Crippen LogP contribution >= 0.6 is 0 Å². The zero-order valence-corrected chi connectivity index (χ0v) is 10.6. The molecular weight excluding hydrogens is 198 g/mol. The molecule has 0 fully saturated rings. The van der Waals surface area contributed by atoms with E-state index in [0.717, 1.165) is 12.0 Å². The van der Waals surface area contributed by atoms with Crippen molar-refractivity contribution in [3.05, 3.63) is 35.4 Å². The standard InChI is InChI=1S/C12H15NO.C2H6.H2/c1-8(2)11-7-9-5-3-4-6-10(9)12(14)13-11;1-2;/h3-6,8,11H,7H2,1-2H3,(H,13,14);1-2H3;1H. The van der Waals surface area contributed by atoms with E-state index < -0.39 is 0 Å². The summed E-state index contributed by atoms with van der Waals surface area (Å²) in [5, 5.41) is 3.03. The fourth-order valence-corrected chi connectivity index (χ4v) is 1.86. The minimum absolute atomic E-state index is 0. The molecule has 0 saturated carbocycles. The van der Waals surface area contributed by atoms with Gasteiger partial charge in [-0.05, 0) is 24.0 Å². The number of carbonyl (C=O) groups excluding carboxylic acids is 1. The second kappa shape index (κ2) is 5.69. The van der Waals surface area contributed by atoms with Crippen LogP contribution in [0.25, 0.3) is 0 Å².